The van der Waals surface area contributed by atoms with Gasteiger partial charge in [0.1, 0.15) is 5.76 Å². The minimum atomic E-state index is -0.380. The lowest BCUT2D eigenvalue weighted by Crippen LogP contribution is -2.24. The number of fused-ring (bicyclic) bond motifs is 1. The first kappa shape index (κ1) is 13.3. The van der Waals surface area contributed by atoms with Gasteiger partial charge in [-0.1, -0.05) is 18.2 Å². The normalized spacial score (nSPS) is 11.4. The molecule has 0 bridgehead atoms. The van der Waals surface area contributed by atoms with Crippen LogP contribution in [0.15, 0.2) is 34.8 Å². The molecule has 0 radical (unpaired) electrons. The second-order valence-corrected chi connectivity index (χ2v) is 4.46. The van der Waals surface area contributed by atoms with Gasteiger partial charge in [-0.25, -0.2) is 4.39 Å². The van der Waals surface area contributed by atoms with Crippen molar-refractivity contribution in [3.8, 4) is 0 Å². The molecular formula is C15H16FNO2. The van der Waals surface area contributed by atoms with Crippen molar-refractivity contribution in [1.82, 2.24) is 4.90 Å². The lowest BCUT2D eigenvalue weighted by Gasteiger charge is -2.13. The second kappa shape index (κ2) is 5.26. The van der Waals surface area contributed by atoms with Gasteiger partial charge in [-0.3, -0.25) is 4.79 Å². The van der Waals surface area contributed by atoms with Gasteiger partial charge in [0.05, 0.1) is 6.54 Å². The number of rotatable bonds is 3. The zero-order valence-corrected chi connectivity index (χ0v) is 11.2. The van der Waals surface area contributed by atoms with Gasteiger partial charge in [0.15, 0.2) is 11.4 Å². The van der Waals surface area contributed by atoms with Gasteiger partial charge in [-0.05, 0) is 26.0 Å². The van der Waals surface area contributed by atoms with E-state index in [2.05, 4.69) is 0 Å². The molecule has 100 valence electrons. The SMILES string of the molecule is C/C=C/C(=O)N(C)Cc1oc2c(F)cccc2c1C. The molecule has 0 unspecified atom stereocenters. The molecular weight excluding hydrogens is 245 g/mol. The van der Waals surface area contributed by atoms with Crippen LogP contribution >= 0.6 is 0 Å². The first-order valence-corrected chi connectivity index (χ1v) is 6.09. The third kappa shape index (κ3) is 2.52. The number of hydrogen-bond donors (Lipinski definition) is 0. The number of amides is 1. The molecule has 0 aliphatic carbocycles. The predicted octanol–water partition coefficient (Wildman–Crippen LogP) is 3.41. The highest BCUT2D eigenvalue weighted by molar-refractivity contribution is 5.87. The number of hydrogen-bond acceptors (Lipinski definition) is 2. The lowest BCUT2D eigenvalue weighted by molar-refractivity contribution is -0.125. The summed E-state index contributed by atoms with van der Waals surface area (Å²) < 4.78 is 19.1. The van der Waals surface area contributed by atoms with E-state index in [4.69, 9.17) is 4.42 Å². The van der Waals surface area contributed by atoms with Crippen molar-refractivity contribution in [3.05, 3.63) is 47.5 Å². The van der Waals surface area contributed by atoms with E-state index in [0.29, 0.717) is 12.3 Å². The van der Waals surface area contributed by atoms with Crippen LogP contribution in [0.2, 0.25) is 0 Å². The third-order valence-electron chi connectivity index (χ3n) is 3.08. The first-order chi connectivity index (χ1) is 9.04. The number of aryl methyl sites for hydroxylation is 1. The van der Waals surface area contributed by atoms with E-state index in [1.165, 1.54) is 17.0 Å². The third-order valence-corrected chi connectivity index (χ3v) is 3.08. The van der Waals surface area contributed by atoms with Gasteiger partial charge in [0, 0.05) is 18.0 Å². The molecule has 0 fully saturated rings. The van der Waals surface area contributed by atoms with Crippen molar-refractivity contribution in [2.75, 3.05) is 7.05 Å². The summed E-state index contributed by atoms with van der Waals surface area (Å²) in [7, 11) is 1.69. The molecule has 0 saturated carbocycles. The molecule has 0 saturated heterocycles. The van der Waals surface area contributed by atoms with E-state index in [-0.39, 0.29) is 17.3 Å². The fourth-order valence-electron chi connectivity index (χ4n) is 1.97. The Hall–Kier alpha value is -2.10. The lowest BCUT2D eigenvalue weighted by atomic mass is 10.1. The molecule has 0 spiro atoms. The van der Waals surface area contributed by atoms with E-state index < -0.39 is 0 Å². The van der Waals surface area contributed by atoms with Gasteiger partial charge in [0.2, 0.25) is 5.91 Å². The summed E-state index contributed by atoms with van der Waals surface area (Å²) in [5.41, 5.74) is 1.12. The summed E-state index contributed by atoms with van der Waals surface area (Å²) in [6.45, 7) is 3.98. The van der Waals surface area contributed by atoms with Crippen LogP contribution in [0.4, 0.5) is 4.39 Å². The molecule has 1 aromatic heterocycles. The van der Waals surface area contributed by atoms with Crippen molar-refractivity contribution in [2.24, 2.45) is 0 Å². The summed E-state index contributed by atoms with van der Waals surface area (Å²) in [6, 6.07) is 4.83. The number of carbonyl (C=O) groups excluding carboxylic acids is 1. The Kier molecular flexibility index (Phi) is 3.69. The Labute approximate surface area is 111 Å². The van der Waals surface area contributed by atoms with Crippen LogP contribution in [0.5, 0.6) is 0 Å². The van der Waals surface area contributed by atoms with Crippen LogP contribution in [0.25, 0.3) is 11.0 Å². The molecule has 4 heteroatoms. The number of furan rings is 1. The summed E-state index contributed by atoms with van der Waals surface area (Å²) in [5, 5.41) is 0.752. The fraction of sp³-hybridized carbons (Fsp3) is 0.267. The van der Waals surface area contributed by atoms with Crippen molar-refractivity contribution < 1.29 is 13.6 Å². The molecule has 0 aliphatic rings. The van der Waals surface area contributed by atoms with Crippen LogP contribution in [0, 0.1) is 12.7 Å². The second-order valence-electron chi connectivity index (χ2n) is 4.46. The minimum Gasteiger partial charge on any atom is -0.456 e. The topological polar surface area (TPSA) is 33.5 Å². The number of para-hydroxylation sites is 1. The Balaban J connectivity index is 2.34. The molecule has 1 heterocycles. The van der Waals surface area contributed by atoms with Gasteiger partial charge in [-0.2, -0.15) is 0 Å². The summed E-state index contributed by atoms with van der Waals surface area (Å²) in [4.78, 5) is 13.2. The van der Waals surface area contributed by atoms with Gasteiger partial charge >= 0.3 is 0 Å². The number of benzene rings is 1. The van der Waals surface area contributed by atoms with Crippen LogP contribution in [0.3, 0.4) is 0 Å². The van der Waals surface area contributed by atoms with E-state index in [1.807, 2.05) is 13.0 Å². The highest BCUT2D eigenvalue weighted by Gasteiger charge is 2.16. The molecule has 0 N–H and O–H groups in total. The Morgan fingerprint density at radius 2 is 2.21 bits per heavy atom. The van der Waals surface area contributed by atoms with Crippen LogP contribution < -0.4 is 0 Å². The standard InChI is InChI=1S/C15H16FNO2/c1-4-6-14(18)17(3)9-13-10(2)11-7-5-8-12(16)15(11)19-13/h4-8H,9H2,1-3H3/b6-4+. The van der Waals surface area contributed by atoms with E-state index in [1.54, 1.807) is 26.1 Å². The van der Waals surface area contributed by atoms with Crippen LogP contribution in [-0.4, -0.2) is 17.9 Å². The van der Waals surface area contributed by atoms with Crippen molar-refractivity contribution in [1.29, 1.82) is 0 Å². The smallest absolute Gasteiger partial charge is 0.246 e. The summed E-state index contributed by atoms with van der Waals surface area (Å²) in [6.07, 6.45) is 3.17. The van der Waals surface area contributed by atoms with Gasteiger partial charge in [-0.15, -0.1) is 0 Å². The van der Waals surface area contributed by atoms with Crippen molar-refractivity contribution in [3.63, 3.8) is 0 Å². The molecule has 1 amide bonds. The predicted molar refractivity (Wildman–Crippen MR) is 72.2 cm³/mol. The van der Waals surface area contributed by atoms with Crippen LogP contribution in [0.1, 0.15) is 18.2 Å². The average Bonchev–Trinajstić information content (AvgIpc) is 2.69. The largest absolute Gasteiger partial charge is 0.456 e. The maximum atomic E-state index is 13.6. The zero-order valence-electron chi connectivity index (χ0n) is 11.2. The van der Waals surface area contributed by atoms with Gasteiger partial charge < -0.3 is 9.32 Å². The number of allylic oxidation sites excluding steroid dienone is 1. The quantitative estimate of drug-likeness (QED) is 0.793. The first-order valence-electron chi connectivity index (χ1n) is 6.09. The maximum Gasteiger partial charge on any atom is 0.246 e. The Morgan fingerprint density at radius 1 is 1.47 bits per heavy atom. The van der Waals surface area contributed by atoms with E-state index in [0.717, 1.165) is 10.9 Å². The Bertz CT molecular complexity index is 643. The van der Waals surface area contributed by atoms with Crippen LogP contribution in [-0.2, 0) is 11.3 Å². The van der Waals surface area contributed by atoms with Crippen molar-refractivity contribution >= 4 is 16.9 Å². The molecule has 19 heavy (non-hydrogen) atoms. The maximum absolute atomic E-state index is 13.6. The average molecular weight is 261 g/mol. The monoisotopic (exact) mass is 261 g/mol. The molecule has 0 atom stereocenters. The number of nitrogens with zero attached hydrogens (tertiary/aromatic N) is 1. The van der Waals surface area contributed by atoms with E-state index in [9.17, 15) is 9.18 Å². The number of likely N-dealkylation sites (N-methyl/N-ethyl adjacent to an activating group) is 1. The zero-order chi connectivity index (χ0) is 14.0. The Morgan fingerprint density at radius 3 is 2.84 bits per heavy atom. The molecule has 0 aliphatic heterocycles. The van der Waals surface area contributed by atoms with E-state index >= 15 is 0 Å². The summed E-state index contributed by atoms with van der Waals surface area (Å²) >= 11 is 0. The molecule has 2 rings (SSSR count). The molecule has 3 nitrogen and oxygen atoms in total. The minimum absolute atomic E-state index is 0.108. The fourth-order valence-corrected chi connectivity index (χ4v) is 1.97. The number of halogens is 1. The van der Waals surface area contributed by atoms with Crippen molar-refractivity contribution in [2.45, 2.75) is 20.4 Å². The molecule has 2 aromatic rings. The number of carbonyl (C=O) groups is 1. The molecule has 1 aromatic carbocycles. The summed E-state index contributed by atoms with van der Waals surface area (Å²) in [5.74, 6) is 0.123. The van der Waals surface area contributed by atoms with Gasteiger partial charge in [0.25, 0.3) is 0 Å². The highest BCUT2D eigenvalue weighted by Crippen LogP contribution is 2.27. The highest BCUT2D eigenvalue weighted by atomic mass is 19.1.